The molecule has 114 valence electrons. The molecule has 0 fully saturated rings. The van der Waals surface area contributed by atoms with Crippen molar-refractivity contribution in [2.24, 2.45) is 7.05 Å². The first-order valence-corrected chi connectivity index (χ1v) is 7.96. The molecule has 8 heteroatoms. The van der Waals surface area contributed by atoms with Gasteiger partial charge in [0.05, 0.1) is 10.8 Å². The highest BCUT2D eigenvalue weighted by atomic mass is 32.2. The van der Waals surface area contributed by atoms with Crippen LogP contribution in [-0.2, 0) is 7.05 Å². The number of aromatic nitrogens is 6. The van der Waals surface area contributed by atoms with E-state index in [1.165, 1.54) is 0 Å². The van der Waals surface area contributed by atoms with Crippen LogP contribution in [0.2, 0.25) is 0 Å². The van der Waals surface area contributed by atoms with Crippen LogP contribution in [0.1, 0.15) is 24.9 Å². The van der Waals surface area contributed by atoms with Crippen molar-refractivity contribution in [1.29, 1.82) is 0 Å². The fourth-order valence-corrected chi connectivity index (χ4v) is 3.12. The Kier molecular flexibility index (Phi) is 4.19. The highest BCUT2D eigenvalue weighted by Crippen LogP contribution is 2.33. The van der Waals surface area contributed by atoms with Gasteiger partial charge in [0.15, 0.2) is 11.0 Å². The van der Waals surface area contributed by atoms with Crippen molar-refractivity contribution in [2.45, 2.75) is 24.3 Å². The third-order valence-electron chi connectivity index (χ3n) is 3.23. The summed E-state index contributed by atoms with van der Waals surface area (Å²) in [4.78, 5) is 9.26. The van der Waals surface area contributed by atoms with Crippen molar-refractivity contribution in [3.8, 4) is 0 Å². The summed E-state index contributed by atoms with van der Waals surface area (Å²) >= 11 is 1.54. The van der Waals surface area contributed by atoms with Crippen LogP contribution >= 0.6 is 11.8 Å². The molecule has 1 aromatic carbocycles. The number of thioether (sulfide) groups is 1. The summed E-state index contributed by atoms with van der Waals surface area (Å²) in [5.41, 5.74) is 0.930. The minimum absolute atomic E-state index is 0.0654. The van der Waals surface area contributed by atoms with Crippen molar-refractivity contribution in [3.63, 3.8) is 0 Å². The van der Waals surface area contributed by atoms with Gasteiger partial charge in [-0.15, -0.1) is 5.10 Å². The van der Waals surface area contributed by atoms with Crippen molar-refractivity contribution in [2.75, 3.05) is 11.9 Å². The zero-order valence-electron chi connectivity index (χ0n) is 12.7. The van der Waals surface area contributed by atoms with E-state index in [1.54, 1.807) is 16.4 Å². The second-order valence-electron chi connectivity index (χ2n) is 4.82. The number of nitrogens with one attached hydrogen (secondary N) is 1. The van der Waals surface area contributed by atoms with Crippen LogP contribution in [0.25, 0.3) is 10.9 Å². The van der Waals surface area contributed by atoms with Crippen LogP contribution < -0.4 is 5.32 Å². The Hall–Kier alpha value is -2.22. The fraction of sp³-hybridized carbons (Fsp3) is 0.357. The molecular weight excluding hydrogens is 298 g/mol. The number of anilines is 1. The number of hydrogen-bond acceptors (Lipinski definition) is 7. The maximum Gasteiger partial charge on any atom is 0.190 e. The van der Waals surface area contributed by atoms with Crippen molar-refractivity contribution in [3.05, 3.63) is 30.1 Å². The summed E-state index contributed by atoms with van der Waals surface area (Å²) < 4.78 is 1.67. The number of hydrogen-bond donors (Lipinski definition) is 1. The Bertz CT molecular complexity index is 786. The lowest BCUT2D eigenvalue weighted by molar-refractivity contribution is 0.678. The fourth-order valence-electron chi connectivity index (χ4n) is 2.20. The van der Waals surface area contributed by atoms with E-state index in [2.05, 4.69) is 37.7 Å². The number of nitrogens with zero attached hydrogens (tertiary/aromatic N) is 6. The van der Waals surface area contributed by atoms with E-state index in [-0.39, 0.29) is 5.25 Å². The Morgan fingerprint density at radius 3 is 2.82 bits per heavy atom. The normalized spacial score (nSPS) is 12.5. The monoisotopic (exact) mass is 315 g/mol. The number of tetrazole rings is 1. The van der Waals surface area contributed by atoms with Crippen LogP contribution in [0.15, 0.2) is 29.4 Å². The van der Waals surface area contributed by atoms with Gasteiger partial charge < -0.3 is 5.32 Å². The van der Waals surface area contributed by atoms with E-state index in [4.69, 9.17) is 0 Å². The molecule has 0 saturated heterocycles. The molecule has 0 amide bonds. The summed E-state index contributed by atoms with van der Waals surface area (Å²) in [5, 5.41) is 16.7. The third-order valence-corrected chi connectivity index (χ3v) is 4.18. The lowest BCUT2D eigenvalue weighted by Gasteiger charge is -2.11. The summed E-state index contributed by atoms with van der Waals surface area (Å²) in [6.45, 7) is 4.91. The van der Waals surface area contributed by atoms with E-state index in [1.807, 2.05) is 38.2 Å². The standard InChI is InChI=1S/C14H17N7S/c1-4-15-12-10-7-5-6-8-11(10)16-14(17-12)22-9(2)13-18-19-20-21(13)3/h5-9H,4H2,1-3H3,(H,15,16,17)/t9-/m0/s1. The van der Waals surface area contributed by atoms with Crippen LogP contribution in [0.4, 0.5) is 5.82 Å². The second-order valence-corrected chi connectivity index (χ2v) is 6.13. The smallest absolute Gasteiger partial charge is 0.190 e. The largest absolute Gasteiger partial charge is 0.370 e. The summed E-state index contributed by atoms with van der Waals surface area (Å²) in [6, 6.07) is 8.00. The van der Waals surface area contributed by atoms with Gasteiger partial charge in [0, 0.05) is 19.0 Å². The molecule has 0 aliphatic rings. The Morgan fingerprint density at radius 1 is 1.27 bits per heavy atom. The van der Waals surface area contributed by atoms with Crippen LogP contribution in [-0.4, -0.2) is 36.7 Å². The second kappa shape index (κ2) is 6.27. The van der Waals surface area contributed by atoms with E-state index < -0.39 is 0 Å². The number of fused-ring (bicyclic) bond motifs is 1. The van der Waals surface area contributed by atoms with Gasteiger partial charge in [0.25, 0.3) is 0 Å². The zero-order valence-corrected chi connectivity index (χ0v) is 13.5. The van der Waals surface area contributed by atoms with E-state index in [9.17, 15) is 0 Å². The van der Waals surface area contributed by atoms with Gasteiger partial charge in [-0.2, -0.15) is 0 Å². The predicted octanol–water partition coefficient (Wildman–Crippen LogP) is 2.44. The highest BCUT2D eigenvalue weighted by Gasteiger charge is 2.17. The quantitative estimate of drug-likeness (QED) is 0.572. The molecule has 2 heterocycles. The number of para-hydroxylation sites is 1. The molecule has 0 bridgehead atoms. The maximum absolute atomic E-state index is 4.63. The van der Waals surface area contributed by atoms with Gasteiger partial charge in [-0.25, -0.2) is 14.6 Å². The van der Waals surface area contributed by atoms with E-state index >= 15 is 0 Å². The Balaban J connectivity index is 1.95. The molecule has 7 nitrogen and oxygen atoms in total. The first-order valence-electron chi connectivity index (χ1n) is 7.08. The highest BCUT2D eigenvalue weighted by molar-refractivity contribution is 7.99. The minimum Gasteiger partial charge on any atom is -0.370 e. The molecule has 2 aromatic heterocycles. The van der Waals surface area contributed by atoms with Crippen LogP contribution in [0.3, 0.4) is 0 Å². The van der Waals surface area contributed by atoms with E-state index in [0.29, 0.717) is 5.16 Å². The molecule has 0 unspecified atom stereocenters. The summed E-state index contributed by atoms with van der Waals surface area (Å²) in [7, 11) is 1.83. The molecule has 3 aromatic rings. The van der Waals surface area contributed by atoms with Crippen molar-refractivity contribution >= 4 is 28.5 Å². The Morgan fingerprint density at radius 2 is 2.09 bits per heavy atom. The zero-order chi connectivity index (χ0) is 15.5. The van der Waals surface area contributed by atoms with Gasteiger partial charge in [-0.3, -0.25) is 0 Å². The SMILES string of the molecule is CCNc1nc(S[C@@H](C)c2nnnn2C)nc2ccccc12. The van der Waals surface area contributed by atoms with Gasteiger partial charge in [-0.05, 0) is 36.4 Å². The number of aryl methyl sites for hydroxylation is 1. The average Bonchev–Trinajstić information content (AvgIpc) is 2.94. The maximum atomic E-state index is 4.63. The molecule has 22 heavy (non-hydrogen) atoms. The number of benzene rings is 1. The summed E-state index contributed by atoms with van der Waals surface area (Å²) in [6.07, 6.45) is 0. The van der Waals surface area contributed by atoms with Gasteiger partial charge in [0.1, 0.15) is 5.82 Å². The van der Waals surface area contributed by atoms with Crippen molar-refractivity contribution < 1.29 is 0 Å². The first kappa shape index (κ1) is 14.7. The van der Waals surface area contributed by atoms with Gasteiger partial charge in [0.2, 0.25) is 0 Å². The molecule has 0 radical (unpaired) electrons. The van der Waals surface area contributed by atoms with Crippen molar-refractivity contribution in [1.82, 2.24) is 30.2 Å². The van der Waals surface area contributed by atoms with Gasteiger partial charge >= 0.3 is 0 Å². The first-order chi connectivity index (χ1) is 10.7. The lowest BCUT2D eigenvalue weighted by atomic mass is 10.2. The topological polar surface area (TPSA) is 81.4 Å². The lowest BCUT2D eigenvalue weighted by Crippen LogP contribution is -2.05. The van der Waals surface area contributed by atoms with Gasteiger partial charge in [-0.1, -0.05) is 23.9 Å². The van der Waals surface area contributed by atoms with Crippen LogP contribution in [0.5, 0.6) is 0 Å². The molecular formula is C14H17N7S. The number of rotatable bonds is 5. The van der Waals surface area contributed by atoms with Crippen LogP contribution in [0, 0.1) is 0 Å². The molecule has 1 N–H and O–H groups in total. The average molecular weight is 315 g/mol. The molecule has 0 spiro atoms. The molecule has 1 atom stereocenters. The molecule has 3 rings (SSSR count). The molecule has 0 saturated carbocycles. The van der Waals surface area contributed by atoms with E-state index in [0.717, 1.165) is 29.1 Å². The predicted molar refractivity (Wildman–Crippen MR) is 86.8 cm³/mol. The Labute approximate surface area is 132 Å². The summed E-state index contributed by atoms with van der Waals surface area (Å²) in [5.74, 6) is 1.66. The third kappa shape index (κ3) is 2.87. The molecule has 0 aliphatic carbocycles. The molecule has 0 aliphatic heterocycles. The minimum atomic E-state index is 0.0654.